The highest BCUT2D eigenvalue weighted by molar-refractivity contribution is 7.94. The molecule has 0 spiro atoms. The molecule has 106 valence electrons. The standard InChI is InChI=1S/C14H12F3NOS/c1-11-6-5-7-12(10-11)18-20(19,14(15,16)17)13-8-3-2-4-9-13/h2-10H,1H3. The molecular weight excluding hydrogens is 287 g/mol. The van der Waals surface area contributed by atoms with Gasteiger partial charge < -0.3 is 0 Å². The first-order chi connectivity index (χ1) is 9.33. The van der Waals surface area contributed by atoms with Gasteiger partial charge in [-0.05, 0) is 36.8 Å². The summed E-state index contributed by atoms with van der Waals surface area (Å²) in [5.41, 5.74) is -4.13. The van der Waals surface area contributed by atoms with Crippen LogP contribution in [0.15, 0.2) is 63.9 Å². The number of hydrogen-bond donors (Lipinski definition) is 0. The number of aryl methyl sites for hydroxylation is 1. The fourth-order valence-corrected chi connectivity index (χ4v) is 3.09. The van der Waals surface area contributed by atoms with E-state index in [1.807, 2.05) is 0 Å². The normalized spacial score (nSPS) is 14.6. The predicted octanol–water partition coefficient (Wildman–Crippen LogP) is 4.67. The van der Waals surface area contributed by atoms with Crippen LogP contribution in [0.5, 0.6) is 0 Å². The highest BCUT2D eigenvalue weighted by Crippen LogP contribution is 2.35. The summed E-state index contributed by atoms with van der Waals surface area (Å²) in [6.07, 6.45) is 0. The largest absolute Gasteiger partial charge is 0.484 e. The molecule has 0 aliphatic carbocycles. The Bertz CT molecular complexity index is 717. The topological polar surface area (TPSA) is 29.4 Å². The van der Waals surface area contributed by atoms with E-state index in [-0.39, 0.29) is 10.6 Å². The summed E-state index contributed by atoms with van der Waals surface area (Å²) in [4.78, 5) is -0.339. The van der Waals surface area contributed by atoms with Crippen molar-refractivity contribution in [3.8, 4) is 0 Å². The molecule has 2 nitrogen and oxygen atoms in total. The van der Waals surface area contributed by atoms with Crippen LogP contribution in [0.4, 0.5) is 18.9 Å². The maximum atomic E-state index is 13.2. The Labute approximate surface area is 115 Å². The molecule has 2 aromatic carbocycles. The van der Waals surface area contributed by atoms with Crippen LogP contribution >= 0.6 is 0 Å². The summed E-state index contributed by atoms with van der Waals surface area (Å²) in [7, 11) is -4.53. The number of rotatable bonds is 2. The van der Waals surface area contributed by atoms with Gasteiger partial charge in [-0.2, -0.15) is 17.5 Å². The first kappa shape index (κ1) is 14.6. The highest BCUT2D eigenvalue weighted by atomic mass is 32.2. The average molecular weight is 299 g/mol. The van der Waals surface area contributed by atoms with Gasteiger partial charge in [-0.25, -0.2) is 4.21 Å². The van der Waals surface area contributed by atoms with Gasteiger partial charge in [0, 0.05) is 0 Å². The van der Waals surface area contributed by atoms with Gasteiger partial charge in [0.1, 0.15) is 0 Å². The molecule has 0 fully saturated rings. The zero-order chi connectivity index (χ0) is 14.8. The van der Waals surface area contributed by atoms with Gasteiger partial charge in [0.15, 0.2) is 9.73 Å². The second-order valence-electron chi connectivity index (χ2n) is 4.21. The van der Waals surface area contributed by atoms with Crippen LogP contribution in [0.2, 0.25) is 0 Å². The van der Waals surface area contributed by atoms with Gasteiger partial charge in [0.05, 0.1) is 10.6 Å². The molecule has 1 atom stereocenters. The third kappa shape index (κ3) is 2.85. The molecule has 0 saturated heterocycles. The minimum atomic E-state index is -4.93. The Morgan fingerprint density at radius 2 is 1.65 bits per heavy atom. The third-order valence-electron chi connectivity index (χ3n) is 2.61. The predicted molar refractivity (Wildman–Crippen MR) is 72.2 cm³/mol. The zero-order valence-electron chi connectivity index (χ0n) is 10.6. The molecule has 0 heterocycles. The average Bonchev–Trinajstić information content (AvgIpc) is 2.38. The van der Waals surface area contributed by atoms with Gasteiger partial charge in [-0.15, -0.1) is 0 Å². The van der Waals surface area contributed by atoms with Crippen LogP contribution in [0.3, 0.4) is 0 Å². The second kappa shape index (κ2) is 5.28. The first-order valence-electron chi connectivity index (χ1n) is 5.78. The zero-order valence-corrected chi connectivity index (χ0v) is 11.4. The molecule has 2 rings (SSSR count). The minimum Gasteiger partial charge on any atom is -0.235 e. The van der Waals surface area contributed by atoms with Crippen molar-refractivity contribution in [2.75, 3.05) is 0 Å². The van der Waals surface area contributed by atoms with Gasteiger partial charge in [0.2, 0.25) is 0 Å². The van der Waals surface area contributed by atoms with E-state index in [2.05, 4.69) is 4.36 Å². The SMILES string of the molecule is Cc1cccc(N=S(=O)(c2ccccc2)C(F)(F)F)c1. The Hall–Kier alpha value is -1.82. The van der Waals surface area contributed by atoms with E-state index in [0.29, 0.717) is 0 Å². The number of hydrogen-bond acceptors (Lipinski definition) is 2. The summed E-state index contributed by atoms with van der Waals surface area (Å²) in [6, 6.07) is 12.9. The van der Waals surface area contributed by atoms with Crippen molar-refractivity contribution < 1.29 is 17.4 Å². The van der Waals surface area contributed by atoms with E-state index in [4.69, 9.17) is 0 Å². The van der Waals surface area contributed by atoms with Crippen molar-refractivity contribution in [3.05, 3.63) is 60.2 Å². The molecule has 0 bridgehead atoms. The molecule has 6 heteroatoms. The molecule has 0 aromatic heterocycles. The summed E-state index contributed by atoms with van der Waals surface area (Å²) < 4.78 is 55.5. The van der Waals surface area contributed by atoms with E-state index < -0.39 is 15.2 Å². The first-order valence-corrected chi connectivity index (χ1v) is 7.30. The number of alkyl halides is 3. The fourth-order valence-electron chi connectivity index (χ4n) is 1.68. The third-order valence-corrected chi connectivity index (χ3v) is 4.62. The summed E-state index contributed by atoms with van der Waals surface area (Å²) in [5, 5.41) is 0. The van der Waals surface area contributed by atoms with Crippen LogP contribution in [0, 0.1) is 6.92 Å². The Kier molecular flexibility index (Phi) is 3.85. The molecule has 1 unspecified atom stereocenters. The smallest absolute Gasteiger partial charge is 0.235 e. The monoisotopic (exact) mass is 299 g/mol. The summed E-state index contributed by atoms with van der Waals surface area (Å²) in [5.74, 6) is 0. The maximum absolute atomic E-state index is 13.2. The van der Waals surface area contributed by atoms with Crippen molar-refractivity contribution in [2.24, 2.45) is 4.36 Å². The van der Waals surface area contributed by atoms with Crippen molar-refractivity contribution in [1.29, 1.82) is 0 Å². The van der Waals surface area contributed by atoms with Crippen LogP contribution in [0.1, 0.15) is 5.56 Å². The minimum absolute atomic E-state index is 0.0520. The molecule has 0 aliphatic rings. The van der Waals surface area contributed by atoms with Crippen molar-refractivity contribution >= 4 is 15.4 Å². The molecule has 0 N–H and O–H groups in total. The van der Waals surface area contributed by atoms with E-state index >= 15 is 0 Å². The molecular formula is C14H12F3NOS. The van der Waals surface area contributed by atoms with Gasteiger partial charge in [-0.1, -0.05) is 30.3 Å². The van der Waals surface area contributed by atoms with E-state index in [1.165, 1.54) is 36.4 Å². The van der Waals surface area contributed by atoms with Gasteiger partial charge in [0.25, 0.3) is 0 Å². The van der Waals surface area contributed by atoms with Crippen LogP contribution in [-0.4, -0.2) is 9.72 Å². The lowest BCUT2D eigenvalue weighted by Crippen LogP contribution is -2.22. The van der Waals surface area contributed by atoms with Crippen molar-refractivity contribution in [2.45, 2.75) is 17.3 Å². The van der Waals surface area contributed by atoms with E-state index in [0.717, 1.165) is 5.56 Å². The van der Waals surface area contributed by atoms with E-state index in [9.17, 15) is 17.4 Å². The quantitative estimate of drug-likeness (QED) is 0.792. The molecule has 0 amide bonds. The lowest BCUT2D eigenvalue weighted by molar-refractivity contribution is -0.0402. The molecule has 0 radical (unpaired) electrons. The lowest BCUT2D eigenvalue weighted by Gasteiger charge is -2.13. The highest BCUT2D eigenvalue weighted by Gasteiger charge is 2.44. The summed E-state index contributed by atoms with van der Waals surface area (Å²) in [6.45, 7) is 1.73. The van der Waals surface area contributed by atoms with Gasteiger partial charge in [-0.3, -0.25) is 0 Å². The van der Waals surface area contributed by atoms with Crippen molar-refractivity contribution in [1.82, 2.24) is 0 Å². The Morgan fingerprint density at radius 3 is 2.20 bits per heavy atom. The molecule has 0 aliphatic heterocycles. The maximum Gasteiger partial charge on any atom is 0.484 e. The molecule has 20 heavy (non-hydrogen) atoms. The van der Waals surface area contributed by atoms with Crippen LogP contribution < -0.4 is 0 Å². The number of nitrogens with zero attached hydrogens (tertiary/aromatic N) is 1. The number of benzene rings is 2. The second-order valence-corrected chi connectivity index (χ2v) is 6.38. The number of halogens is 3. The Balaban J connectivity index is 2.69. The van der Waals surface area contributed by atoms with Gasteiger partial charge >= 0.3 is 5.51 Å². The van der Waals surface area contributed by atoms with Crippen molar-refractivity contribution in [3.63, 3.8) is 0 Å². The molecule has 2 aromatic rings. The Morgan fingerprint density at radius 1 is 1.00 bits per heavy atom. The fraction of sp³-hybridized carbons (Fsp3) is 0.143. The summed E-state index contributed by atoms with van der Waals surface area (Å²) >= 11 is 0. The van der Waals surface area contributed by atoms with Crippen LogP contribution in [-0.2, 0) is 9.73 Å². The molecule has 0 saturated carbocycles. The van der Waals surface area contributed by atoms with Crippen LogP contribution in [0.25, 0.3) is 0 Å². The van der Waals surface area contributed by atoms with E-state index in [1.54, 1.807) is 25.1 Å². The lowest BCUT2D eigenvalue weighted by atomic mass is 10.2.